The van der Waals surface area contributed by atoms with Crippen molar-refractivity contribution < 1.29 is 18.7 Å². The fraction of sp³-hybridized carbons (Fsp3) is 0.207. The first-order valence-corrected chi connectivity index (χ1v) is 11.4. The van der Waals surface area contributed by atoms with Gasteiger partial charge in [-0.3, -0.25) is 4.79 Å². The number of carbonyl (C=O) groups is 1. The van der Waals surface area contributed by atoms with Crippen molar-refractivity contribution in [3.63, 3.8) is 0 Å². The van der Waals surface area contributed by atoms with Crippen LogP contribution in [0.3, 0.4) is 0 Å². The molecule has 0 aliphatic rings. The summed E-state index contributed by atoms with van der Waals surface area (Å²) < 4.78 is 17.7. The van der Waals surface area contributed by atoms with E-state index in [2.05, 4.69) is 5.32 Å². The second kappa shape index (κ2) is 9.87. The topological polar surface area (TPSA) is 60.7 Å². The zero-order valence-electron chi connectivity index (χ0n) is 20.2. The molecule has 1 aromatic heterocycles. The third-order valence-electron chi connectivity index (χ3n) is 5.81. The Morgan fingerprint density at radius 1 is 0.971 bits per heavy atom. The molecule has 0 saturated heterocycles. The number of amides is 1. The Morgan fingerprint density at radius 3 is 2.32 bits per heavy atom. The van der Waals surface area contributed by atoms with Gasteiger partial charge in [0.05, 0.1) is 6.61 Å². The molecule has 34 heavy (non-hydrogen) atoms. The number of para-hydroxylation sites is 1. The molecule has 1 N–H and O–H groups in total. The van der Waals surface area contributed by atoms with Gasteiger partial charge in [-0.2, -0.15) is 0 Å². The van der Waals surface area contributed by atoms with Crippen LogP contribution < -0.4 is 14.8 Å². The van der Waals surface area contributed by atoms with Crippen LogP contribution in [0, 0.1) is 20.8 Å². The second-order valence-corrected chi connectivity index (χ2v) is 8.23. The van der Waals surface area contributed by atoms with Gasteiger partial charge in [0.1, 0.15) is 28.6 Å². The summed E-state index contributed by atoms with van der Waals surface area (Å²) in [6, 6.07) is 18.9. The lowest BCUT2D eigenvalue weighted by Crippen LogP contribution is -2.09. The van der Waals surface area contributed by atoms with Gasteiger partial charge in [-0.05, 0) is 88.2 Å². The molecule has 1 heterocycles. The molecule has 174 valence electrons. The highest BCUT2D eigenvalue weighted by atomic mass is 16.5. The smallest absolute Gasteiger partial charge is 0.248 e. The van der Waals surface area contributed by atoms with Gasteiger partial charge in [-0.25, -0.2) is 0 Å². The number of fused-ring (bicyclic) bond motifs is 1. The van der Waals surface area contributed by atoms with Gasteiger partial charge in [0.2, 0.25) is 5.91 Å². The number of hydrogen-bond acceptors (Lipinski definition) is 4. The van der Waals surface area contributed by atoms with Crippen molar-refractivity contribution in [1.82, 2.24) is 0 Å². The molecule has 0 radical (unpaired) electrons. The van der Waals surface area contributed by atoms with E-state index in [0.29, 0.717) is 18.0 Å². The van der Waals surface area contributed by atoms with Crippen LogP contribution in [0.1, 0.15) is 36.3 Å². The first kappa shape index (κ1) is 23.2. The van der Waals surface area contributed by atoms with Crippen LogP contribution in [-0.4, -0.2) is 12.5 Å². The molecule has 0 bridgehead atoms. The average molecular weight is 456 g/mol. The van der Waals surface area contributed by atoms with E-state index < -0.39 is 0 Å². The molecular formula is C29H29NO4. The Bertz CT molecular complexity index is 1350. The summed E-state index contributed by atoms with van der Waals surface area (Å²) in [6.07, 6.45) is 1.60. The van der Waals surface area contributed by atoms with Gasteiger partial charge >= 0.3 is 0 Å². The lowest BCUT2D eigenvalue weighted by atomic mass is 9.98. The molecule has 4 rings (SSSR count). The molecule has 0 atom stereocenters. The van der Waals surface area contributed by atoms with Crippen LogP contribution in [0.5, 0.6) is 17.2 Å². The maximum atomic E-state index is 12.8. The summed E-state index contributed by atoms with van der Waals surface area (Å²) in [5.41, 5.74) is 5.25. The highest BCUT2D eigenvalue weighted by molar-refractivity contribution is 6.05. The van der Waals surface area contributed by atoms with Gasteiger partial charge in [-0.15, -0.1) is 0 Å². The molecule has 0 aliphatic carbocycles. The van der Waals surface area contributed by atoms with E-state index in [1.165, 1.54) is 0 Å². The molecule has 5 heteroatoms. The van der Waals surface area contributed by atoms with Crippen molar-refractivity contribution in [2.45, 2.75) is 34.6 Å². The fourth-order valence-corrected chi connectivity index (χ4v) is 3.92. The third-order valence-corrected chi connectivity index (χ3v) is 5.81. The van der Waals surface area contributed by atoms with Crippen molar-refractivity contribution in [3.05, 3.63) is 89.2 Å². The van der Waals surface area contributed by atoms with Crippen LogP contribution in [-0.2, 0) is 4.79 Å². The first-order valence-electron chi connectivity index (χ1n) is 11.4. The van der Waals surface area contributed by atoms with E-state index in [0.717, 1.165) is 50.5 Å². The lowest BCUT2D eigenvalue weighted by molar-refractivity contribution is -0.111. The van der Waals surface area contributed by atoms with E-state index in [9.17, 15) is 4.79 Å². The minimum atomic E-state index is -0.213. The van der Waals surface area contributed by atoms with Gasteiger partial charge in [0, 0.05) is 28.3 Å². The van der Waals surface area contributed by atoms with Crippen LogP contribution in [0.25, 0.3) is 16.5 Å². The maximum absolute atomic E-state index is 12.8. The molecule has 3 aromatic carbocycles. The van der Waals surface area contributed by atoms with E-state index in [-0.39, 0.29) is 5.91 Å². The number of allylic oxidation sites excluding steroid dienone is 1. The zero-order valence-corrected chi connectivity index (χ0v) is 20.2. The number of anilines is 1. The summed E-state index contributed by atoms with van der Waals surface area (Å²) in [5.74, 6) is 2.88. The lowest BCUT2D eigenvalue weighted by Gasteiger charge is -2.14. The predicted octanol–water partition coefficient (Wildman–Crippen LogP) is 7.59. The van der Waals surface area contributed by atoms with Crippen LogP contribution >= 0.6 is 0 Å². The summed E-state index contributed by atoms with van der Waals surface area (Å²) in [5, 5.41) is 3.96. The highest BCUT2D eigenvalue weighted by Gasteiger charge is 2.18. The zero-order chi connectivity index (χ0) is 24.2. The molecule has 0 fully saturated rings. The Balaban J connectivity index is 1.55. The minimum absolute atomic E-state index is 0.213. The van der Waals surface area contributed by atoms with Crippen molar-refractivity contribution >= 4 is 28.1 Å². The quantitative estimate of drug-likeness (QED) is 0.292. The second-order valence-electron chi connectivity index (χ2n) is 8.23. The molecule has 0 saturated carbocycles. The molecule has 0 unspecified atom stereocenters. The fourth-order valence-electron chi connectivity index (χ4n) is 3.92. The number of furan rings is 1. The number of aryl methyl sites for hydroxylation is 3. The Labute approximate surface area is 200 Å². The highest BCUT2D eigenvalue weighted by Crippen LogP contribution is 2.39. The van der Waals surface area contributed by atoms with Crippen LogP contribution in [0.15, 0.2) is 71.2 Å². The van der Waals surface area contributed by atoms with Crippen LogP contribution in [0.2, 0.25) is 0 Å². The standard InChI is InChI=1S/C29H29NO4/c1-6-32-28-20(4)29-26(19(3)21(5)33-29)17-25(28)18(2)16-27(31)30-22-12-14-24(15-13-22)34-23-10-8-7-9-11-23/h7-17H,6H2,1-5H3,(H,30,31)/b18-16+. The summed E-state index contributed by atoms with van der Waals surface area (Å²) >= 11 is 0. The SMILES string of the molecule is CCOc1c(/C(C)=C/C(=O)Nc2ccc(Oc3ccccc3)cc2)cc2c(C)c(C)oc2c1C. The number of benzene rings is 3. The number of hydrogen-bond donors (Lipinski definition) is 1. The molecular weight excluding hydrogens is 426 g/mol. The monoisotopic (exact) mass is 455 g/mol. The van der Waals surface area contributed by atoms with E-state index in [1.807, 2.05) is 95.3 Å². The normalized spacial score (nSPS) is 11.5. The number of ether oxygens (including phenoxy) is 2. The average Bonchev–Trinajstić information content (AvgIpc) is 3.11. The first-order chi connectivity index (χ1) is 16.4. The molecule has 0 spiro atoms. The van der Waals surface area contributed by atoms with Gasteiger partial charge in [0.15, 0.2) is 0 Å². The van der Waals surface area contributed by atoms with Gasteiger partial charge in [-0.1, -0.05) is 18.2 Å². The minimum Gasteiger partial charge on any atom is -0.493 e. The molecule has 4 aromatic rings. The predicted molar refractivity (Wildman–Crippen MR) is 137 cm³/mol. The number of carbonyl (C=O) groups excluding carboxylic acids is 1. The number of rotatable bonds is 7. The molecule has 5 nitrogen and oxygen atoms in total. The van der Waals surface area contributed by atoms with Crippen LogP contribution in [0.4, 0.5) is 5.69 Å². The molecule has 0 aliphatic heterocycles. The third kappa shape index (κ3) is 4.84. The largest absolute Gasteiger partial charge is 0.493 e. The summed E-state index contributed by atoms with van der Waals surface area (Å²) in [4.78, 5) is 12.8. The van der Waals surface area contributed by atoms with Crippen molar-refractivity contribution in [3.8, 4) is 17.2 Å². The van der Waals surface area contributed by atoms with Crippen molar-refractivity contribution in [2.75, 3.05) is 11.9 Å². The Kier molecular flexibility index (Phi) is 6.73. The maximum Gasteiger partial charge on any atom is 0.248 e. The van der Waals surface area contributed by atoms with E-state index in [4.69, 9.17) is 13.9 Å². The van der Waals surface area contributed by atoms with E-state index in [1.54, 1.807) is 6.08 Å². The summed E-state index contributed by atoms with van der Waals surface area (Å²) in [6.45, 7) is 10.4. The van der Waals surface area contributed by atoms with E-state index >= 15 is 0 Å². The molecule has 1 amide bonds. The summed E-state index contributed by atoms with van der Waals surface area (Å²) in [7, 11) is 0. The van der Waals surface area contributed by atoms with Gasteiger partial charge in [0.25, 0.3) is 0 Å². The van der Waals surface area contributed by atoms with Crippen molar-refractivity contribution in [2.24, 2.45) is 0 Å². The van der Waals surface area contributed by atoms with Gasteiger partial charge < -0.3 is 19.2 Å². The van der Waals surface area contributed by atoms with Crippen molar-refractivity contribution in [1.29, 1.82) is 0 Å². The number of nitrogens with one attached hydrogen (secondary N) is 1. The Morgan fingerprint density at radius 2 is 1.65 bits per heavy atom. The Hall–Kier alpha value is -3.99.